The lowest BCUT2D eigenvalue weighted by Crippen LogP contribution is -2.28. The second-order valence-electron chi connectivity index (χ2n) is 5.10. The second kappa shape index (κ2) is 5.87. The Morgan fingerprint density at radius 1 is 0.944 bits per heavy atom. The molecule has 0 spiro atoms. The van der Waals surface area contributed by atoms with Gasteiger partial charge < -0.3 is 10.6 Å². The van der Waals surface area contributed by atoms with Gasteiger partial charge in [-0.2, -0.15) is 0 Å². The number of anilines is 1. The van der Waals surface area contributed by atoms with Gasteiger partial charge >= 0.3 is 0 Å². The molecule has 0 aromatic heterocycles. The number of rotatable bonds is 5. The zero-order valence-electron chi connectivity index (χ0n) is 11.5. The number of hydrogen-bond acceptors (Lipinski definition) is 2. The Kier molecular flexibility index (Phi) is 4.21. The van der Waals surface area contributed by atoms with Crippen molar-refractivity contribution in [2.75, 3.05) is 18.4 Å². The van der Waals surface area contributed by atoms with E-state index in [1.807, 2.05) is 0 Å². The largest absolute Gasteiger partial charge is 0.384 e. The van der Waals surface area contributed by atoms with Crippen LogP contribution in [-0.4, -0.2) is 19.1 Å². The van der Waals surface area contributed by atoms with Gasteiger partial charge in [0.1, 0.15) is 0 Å². The van der Waals surface area contributed by atoms with E-state index in [0.29, 0.717) is 6.04 Å². The Morgan fingerprint density at radius 3 is 2.44 bits per heavy atom. The number of hydrogen-bond donors (Lipinski definition) is 2. The Bertz CT molecular complexity index is 517. The van der Waals surface area contributed by atoms with Crippen molar-refractivity contribution >= 4 is 16.5 Å². The van der Waals surface area contributed by atoms with Crippen LogP contribution in [0.1, 0.15) is 19.4 Å². The minimum absolute atomic E-state index is 0.548. The summed E-state index contributed by atoms with van der Waals surface area (Å²) >= 11 is 0. The average molecular weight is 242 g/mol. The van der Waals surface area contributed by atoms with Crippen LogP contribution in [-0.2, 0) is 0 Å². The highest BCUT2D eigenvalue weighted by atomic mass is 15.0. The SMILES string of the molecule is Cc1ccc2cc(NCCNC(C)C)ccc2c1. The Morgan fingerprint density at radius 2 is 1.67 bits per heavy atom. The number of fused-ring (bicyclic) bond motifs is 1. The van der Waals surface area contributed by atoms with Gasteiger partial charge in [-0.25, -0.2) is 0 Å². The summed E-state index contributed by atoms with van der Waals surface area (Å²) in [6.45, 7) is 8.40. The highest BCUT2D eigenvalue weighted by Crippen LogP contribution is 2.20. The normalized spacial score (nSPS) is 11.1. The topological polar surface area (TPSA) is 24.1 Å². The molecule has 0 atom stereocenters. The Hall–Kier alpha value is -1.54. The first kappa shape index (κ1) is 12.9. The fraction of sp³-hybridized carbons (Fsp3) is 0.375. The molecule has 0 bridgehead atoms. The van der Waals surface area contributed by atoms with E-state index in [1.54, 1.807) is 0 Å². The maximum Gasteiger partial charge on any atom is 0.0347 e. The van der Waals surface area contributed by atoms with Crippen LogP contribution in [0, 0.1) is 6.92 Å². The van der Waals surface area contributed by atoms with Crippen molar-refractivity contribution in [3.05, 3.63) is 42.0 Å². The molecule has 2 heteroatoms. The van der Waals surface area contributed by atoms with Crippen molar-refractivity contribution in [1.82, 2.24) is 5.32 Å². The zero-order chi connectivity index (χ0) is 13.0. The van der Waals surface area contributed by atoms with Gasteiger partial charge in [0.2, 0.25) is 0 Å². The van der Waals surface area contributed by atoms with Crippen LogP contribution in [0.2, 0.25) is 0 Å². The first-order valence-corrected chi connectivity index (χ1v) is 6.63. The lowest BCUT2D eigenvalue weighted by Gasteiger charge is -2.10. The van der Waals surface area contributed by atoms with E-state index < -0.39 is 0 Å². The highest BCUT2D eigenvalue weighted by molar-refractivity contribution is 5.86. The molecule has 2 aromatic rings. The Labute approximate surface area is 109 Å². The predicted molar refractivity (Wildman–Crippen MR) is 80.3 cm³/mol. The molecule has 0 amide bonds. The molecule has 0 aliphatic heterocycles. The summed E-state index contributed by atoms with van der Waals surface area (Å²) in [6.07, 6.45) is 0. The summed E-state index contributed by atoms with van der Waals surface area (Å²) in [5, 5.41) is 9.44. The quantitative estimate of drug-likeness (QED) is 0.783. The van der Waals surface area contributed by atoms with Crippen molar-refractivity contribution in [2.24, 2.45) is 0 Å². The van der Waals surface area contributed by atoms with E-state index in [4.69, 9.17) is 0 Å². The minimum atomic E-state index is 0.548. The van der Waals surface area contributed by atoms with Crippen molar-refractivity contribution < 1.29 is 0 Å². The maximum absolute atomic E-state index is 3.44. The second-order valence-corrected chi connectivity index (χ2v) is 5.10. The van der Waals surface area contributed by atoms with Crippen molar-refractivity contribution in [1.29, 1.82) is 0 Å². The summed E-state index contributed by atoms with van der Waals surface area (Å²) in [4.78, 5) is 0. The smallest absolute Gasteiger partial charge is 0.0347 e. The molecule has 0 saturated heterocycles. The van der Waals surface area contributed by atoms with Gasteiger partial charge in [-0.15, -0.1) is 0 Å². The molecule has 2 N–H and O–H groups in total. The van der Waals surface area contributed by atoms with E-state index in [0.717, 1.165) is 13.1 Å². The zero-order valence-corrected chi connectivity index (χ0v) is 11.5. The van der Waals surface area contributed by atoms with E-state index >= 15 is 0 Å². The molecule has 0 radical (unpaired) electrons. The van der Waals surface area contributed by atoms with E-state index in [-0.39, 0.29) is 0 Å². The van der Waals surface area contributed by atoms with Gasteiger partial charge in [-0.1, -0.05) is 43.7 Å². The maximum atomic E-state index is 3.44. The third-order valence-corrected chi connectivity index (χ3v) is 3.00. The Balaban J connectivity index is 1.99. The van der Waals surface area contributed by atoms with Crippen LogP contribution in [0.25, 0.3) is 10.8 Å². The molecule has 0 unspecified atom stereocenters. The molecular weight excluding hydrogens is 220 g/mol. The average Bonchev–Trinajstić information content (AvgIpc) is 2.34. The van der Waals surface area contributed by atoms with Crippen molar-refractivity contribution in [3.8, 4) is 0 Å². The lowest BCUT2D eigenvalue weighted by molar-refractivity contribution is 0.602. The van der Waals surface area contributed by atoms with E-state index in [9.17, 15) is 0 Å². The summed E-state index contributed by atoms with van der Waals surface area (Å²) < 4.78 is 0. The van der Waals surface area contributed by atoms with Gasteiger partial charge in [-0.3, -0.25) is 0 Å². The van der Waals surface area contributed by atoms with Crippen LogP contribution >= 0.6 is 0 Å². The highest BCUT2D eigenvalue weighted by Gasteiger charge is 1.97. The van der Waals surface area contributed by atoms with E-state index in [2.05, 4.69) is 67.8 Å². The molecule has 0 heterocycles. The van der Waals surface area contributed by atoms with Crippen molar-refractivity contribution in [2.45, 2.75) is 26.8 Å². The first-order valence-electron chi connectivity index (χ1n) is 6.63. The van der Waals surface area contributed by atoms with Gasteiger partial charge in [0.25, 0.3) is 0 Å². The third kappa shape index (κ3) is 3.47. The molecule has 0 fully saturated rings. The van der Waals surface area contributed by atoms with Gasteiger partial charge in [0, 0.05) is 24.8 Å². The van der Waals surface area contributed by atoms with Crippen LogP contribution < -0.4 is 10.6 Å². The number of benzene rings is 2. The summed E-state index contributed by atoms with van der Waals surface area (Å²) in [5.41, 5.74) is 2.50. The molecule has 2 aromatic carbocycles. The van der Waals surface area contributed by atoms with Crippen LogP contribution in [0.3, 0.4) is 0 Å². The molecule has 2 nitrogen and oxygen atoms in total. The van der Waals surface area contributed by atoms with E-state index in [1.165, 1.54) is 22.0 Å². The molecular formula is C16H22N2. The molecule has 18 heavy (non-hydrogen) atoms. The predicted octanol–water partition coefficient (Wildman–Crippen LogP) is 3.56. The molecule has 0 aliphatic rings. The van der Waals surface area contributed by atoms with Gasteiger partial charge in [0.15, 0.2) is 0 Å². The van der Waals surface area contributed by atoms with Crippen LogP contribution in [0.5, 0.6) is 0 Å². The fourth-order valence-electron chi connectivity index (χ4n) is 2.04. The van der Waals surface area contributed by atoms with Crippen LogP contribution in [0.15, 0.2) is 36.4 Å². The third-order valence-electron chi connectivity index (χ3n) is 3.00. The van der Waals surface area contributed by atoms with Crippen LogP contribution in [0.4, 0.5) is 5.69 Å². The summed E-state index contributed by atoms with van der Waals surface area (Å²) in [6, 6.07) is 13.7. The number of aryl methyl sites for hydroxylation is 1. The number of nitrogens with one attached hydrogen (secondary N) is 2. The molecule has 2 rings (SSSR count). The van der Waals surface area contributed by atoms with Gasteiger partial charge in [-0.05, 0) is 29.8 Å². The van der Waals surface area contributed by atoms with Crippen molar-refractivity contribution in [3.63, 3.8) is 0 Å². The summed E-state index contributed by atoms with van der Waals surface area (Å²) in [7, 11) is 0. The lowest BCUT2D eigenvalue weighted by atomic mass is 10.1. The molecule has 0 aliphatic carbocycles. The molecule has 96 valence electrons. The monoisotopic (exact) mass is 242 g/mol. The standard InChI is InChI=1S/C16H22N2/c1-12(2)17-8-9-18-16-7-6-14-10-13(3)4-5-15(14)11-16/h4-7,10-12,17-18H,8-9H2,1-3H3. The minimum Gasteiger partial charge on any atom is -0.384 e. The summed E-state index contributed by atoms with van der Waals surface area (Å²) in [5.74, 6) is 0. The molecule has 0 saturated carbocycles. The van der Waals surface area contributed by atoms with Gasteiger partial charge in [0.05, 0.1) is 0 Å². The first-order chi connectivity index (χ1) is 8.65. The fourth-order valence-corrected chi connectivity index (χ4v) is 2.04.